The van der Waals surface area contributed by atoms with Crippen LogP contribution in [0.5, 0.6) is 0 Å². The van der Waals surface area contributed by atoms with Crippen LogP contribution < -0.4 is 12.3 Å². The van der Waals surface area contributed by atoms with Gasteiger partial charge in [0.15, 0.2) is 0 Å². The summed E-state index contributed by atoms with van der Waals surface area (Å²) in [5, 5.41) is 0. The zero-order valence-electron chi connectivity index (χ0n) is 10.9. The lowest BCUT2D eigenvalue weighted by molar-refractivity contribution is 0.414. The summed E-state index contributed by atoms with van der Waals surface area (Å²) in [6.07, 6.45) is 0. The summed E-state index contributed by atoms with van der Waals surface area (Å²) >= 11 is 0. The number of hydrogen-bond donors (Lipinski definition) is 2. The Bertz CT molecular complexity index is 287. The molecule has 0 bridgehead atoms. The highest BCUT2D eigenvalue weighted by Crippen LogP contribution is 2.32. The SMILES string of the molecule is CCS(CC)(CC)(CC)=S(=O)([O-])[O-].[NH4+].[NH4+]. The molecule has 0 aromatic heterocycles. The zero-order chi connectivity index (χ0) is 10.8. The fourth-order valence-corrected chi connectivity index (χ4v) is 8.87. The summed E-state index contributed by atoms with van der Waals surface area (Å²) in [7, 11) is -6.86. The molecule has 0 aromatic carbocycles. The minimum Gasteiger partial charge on any atom is -0.785 e. The molecule has 5 nitrogen and oxygen atoms in total. The van der Waals surface area contributed by atoms with Crippen molar-refractivity contribution in [3.63, 3.8) is 0 Å². The van der Waals surface area contributed by atoms with Crippen molar-refractivity contribution in [3.8, 4) is 0 Å². The van der Waals surface area contributed by atoms with E-state index in [1.165, 1.54) is 0 Å². The van der Waals surface area contributed by atoms with Crippen LogP contribution >= 0.6 is 0 Å². The Morgan fingerprint density at radius 3 is 1.07 bits per heavy atom. The molecule has 15 heavy (non-hydrogen) atoms. The molecule has 0 aromatic rings. The molecule has 0 fully saturated rings. The quantitative estimate of drug-likeness (QED) is 0.802. The Morgan fingerprint density at radius 1 is 0.867 bits per heavy atom. The van der Waals surface area contributed by atoms with Gasteiger partial charge in [0, 0.05) is 0 Å². The Hall–Kier alpha value is 0.340. The summed E-state index contributed by atoms with van der Waals surface area (Å²) in [6.45, 7) is 7.31. The molecule has 7 heteroatoms. The zero-order valence-corrected chi connectivity index (χ0v) is 12.5. The van der Waals surface area contributed by atoms with Crippen molar-refractivity contribution in [1.82, 2.24) is 12.3 Å². The van der Waals surface area contributed by atoms with Crippen LogP contribution in [0.1, 0.15) is 27.7 Å². The molecule has 0 spiro atoms. The lowest BCUT2D eigenvalue weighted by Gasteiger charge is -2.56. The van der Waals surface area contributed by atoms with Crippen molar-refractivity contribution in [1.29, 1.82) is 0 Å². The minimum absolute atomic E-state index is 0. The van der Waals surface area contributed by atoms with E-state index in [0.717, 1.165) is 0 Å². The van der Waals surface area contributed by atoms with E-state index in [0.29, 0.717) is 23.0 Å². The van der Waals surface area contributed by atoms with E-state index < -0.39 is 16.8 Å². The van der Waals surface area contributed by atoms with Crippen molar-refractivity contribution in [3.05, 3.63) is 0 Å². The molecular formula is C8H28N2O3S2. The molecule has 0 unspecified atom stereocenters. The van der Waals surface area contributed by atoms with Crippen LogP contribution in [0.2, 0.25) is 0 Å². The van der Waals surface area contributed by atoms with Crippen LogP contribution in [0.4, 0.5) is 0 Å². The van der Waals surface area contributed by atoms with Crippen molar-refractivity contribution < 1.29 is 13.3 Å². The van der Waals surface area contributed by atoms with Crippen molar-refractivity contribution in [2.24, 2.45) is 0 Å². The summed E-state index contributed by atoms with van der Waals surface area (Å²) < 4.78 is 34.2. The molecule has 0 saturated carbocycles. The second kappa shape index (κ2) is 6.17. The maximum Gasteiger partial charge on any atom is -0.0243 e. The molecule has 0 heterocycles. The summed E-state index contributed by atoms with van der Waals surface area (Å²) in [6, 6.07) is 0. The maximum absolute atomic E-state index is 11.4. The normalized spacial score (nSPS) is 14.4. The number of quaternary nitrogens is 2. The van der Waals surface area contributed by atoms with Gasteiger partial charge in [-0.15, -0.1) is 0 Å². The Morgan fingerprint density at radius 2 is 1.07 bits per heavy atom. The topological polar surface area (TPSA) is 136 Å². The van der Waals surface area contributed by atoms with Crippen LogP contribution in [0.25, 0.3) is 0 Å². The monoisotopic (exact) mass is 264 g/mol. The van der Waals surface area contributed by atoms with E-state index in [1.54, 1.807) is 0 Å². The molecule has 0 amide bonds. The van der Waals surface area contributed by atoms with Crippen molar-refractivity contribution in [2.45, 2.75) is 27.7 Å². The van der Waals surface area contributed by atoms with E-state index in [9.17, 15) is 13.3 Å². The Kier molecular flexibility index (Phi) is 8.52. The highest BCUT2D eigenvalue weighted by Gasteiger charge is 2.26. The van der Waals surface area contributed by atoms with Crippen LogP contribution in [0.15, 0.2) is 0 Å². The first kappa shape index (κ1) is 20.7. The molecule has 0 aliphatic carbocycles. The summed E-state index contributed by atoms with van der Waals surface area (Å²) in [5.41, 5.74) is 0. The lowest BCUT2D eigenvalue weighted by Crippen LogP contribution is -2.48. The van der Waals surface area contributed by atoms with Gasteiger partial charge in [0.25, 0.3) is 0 Å². The average molecular weight is 264 g/mol. The van der Waals surface area contributed by atoms with E-state index in [2.05, 4.69) is 0 Å². The maximum atomic E-state index is 11.4. The van der Waals surface area contributed by atoms with E-state index in [-0.39, 0.29) is 12.3 Å². The molecule has 0 rings (SSSR count). The summed E-state index contributed by atoms with van der Waals surface area (Å²) in [5.74, 6) is 2.03. The molecule has 0 aliphatic heterocycles. The third kappa shape index (κ3) is 2.72. The van der Waals surface area contributed by atoms with Crippen molar-refractivity contribution in [2.75, 3.05) is 23.0 Å². The predicted octanol–water partition coefficient (Wildman–Crippen LogP) is 1.97. The molecule has 100 valence electrons. The first-order chi connectivity index (χ1) is 5.82. The van der Waals surface area contributed by atoms with Gasteiger partial charge in [0.05, 0.1) is 0 Å². The standard InChI is InChI=1S/C8H22O3S2.2H3N/c1-5-13(6-2,7-3,8-4)12(9,10)11;;/h5-8H2,1-4H3,(H2,9,10,11);2*1H3. The Labute approximate surface area is 93.4 Å². The van der Waals surface area contributed by atoms with Crippen molar-refractivity contribution >= 4 is 16.8 Å². The van der Waals surface area contributed by atoms with Gasteiger partial charge in [-0.25, -0.2) is 7.72 Å². The highest BCUT2D eigenvalue weighted by molar-refractivity contribution is 8.61. The van der Waals surface area contributed by atoms with Crippen LogP contribution in [0.3, 0.4) is 0 Å². The van der Waals surface area contributed by atoms with Gasteiger partial charge >= 0.3 is 0 Å². The summed E-state index contributed by atoms with van der Waals surface area (Å²) in [4.78, 5) is 0. The fraction of sp³-hybridized carbons (Fsp3) is 1.00. The first-order valence-corrected chi connectivity index (χ1v) is 9.29. The van der Waals surface area contributed by atoms with Gasteiger partial charge < -0.3 is 21.4 Å². The van der Waals surface area contributed by atoms with Crippen LogP contribution in [-0.2, 0) is 16.8 Å². The molecule has 8 N–H and O–H groups in total. The van der Waals surface area contributed by atoms with Crippen LogP contribution in [-0.4, -0.2) is 36.3 Å². The predicted molar refractivity (Wildman–Crippen MR) is 71.2 cm³/mol. The third-order valence-corrected chi connectivity index (χ3v) is 16.8. The van der Waals surface area contributed by atoms with Gasteiger partial charge in [-0.05, 0) is 23.0 Å². The van der Waals surface area contributed by atoms with Gasteiger partial charge in [-0.3, -0.25) is 4.21 Å². The molecule has 0 aliphatic rings. The largest absolute Gasteiger partial charge is 0.785 e. The van der Waals surface area contributed by atoms with E-state index in [1.807, 2.05) is 27.7 Å². The number of hydrogen-bond acceptors (Lipinski definition) is 3. The second-order valence-corrected chi connectivity index (χ2v) is 13.8. The second-order valence-electron chi connectivity index (χ2n) is 3.26. The molecular weight excluding hydrogens is 236 g/mol. The fourth-order valence-electron chi connectivity index (χ4n) is 1.80. The minimum atomic E-state index is -4.13. The van der Waals surface area contributed by atoms with E-state index in [4.69, 9.17) is 0 Å². The van der Waals surface area contributed by atoms with E-state index >= 15 is 0 Å². The van der Waals surface area contributed by atoms with Gasteiger partial charge in [0.1, 0.15) is 0 Å². The van der Waals surface area contributed by atoms with Gasteiger partial charge in [-0.1, -0.05) is 27.7 Å². The van der Waals surface area contributed by atoms with Gasteiger partial charge in [0.2, 0.25) is 0 Å². The molecule has 0 radical (unpaired) electrons. The average Bonchev–Trinajstić information content (AvgIpc) is 2.08. The highest BCUT2D eigenvalue weighted by atomic mass is 32.9. The van der Waals surface area contributed by atoms with Gasteiger partial charge in [-0.2, -0.15) is 9.05 Å². The number of rotatable bonds is 4. The molecule has 0 atom stereocenters. The first-order valence-electron chi connectivity index (χ1n) is 4.65. The third-order valence-electron chi connectivity index (χ3n) is 3.50. The lowest BCUT2D eigenvalue weighted by atomic mass is 10.9. The smallest absolute Gasteiger partial charge is 0.0243 e. The van der Waals surface area contributed by atoms with Crippen LogP contribution in [0, 0.1) is 0 Å². The molecule has 0 saturated heterocycles. The Balaban J connectivity index is -0.000000720.